The molecule has 0 radical (unpaired) electrons. The number of rotatable bonds is 2. The van der Waals surface area contributed by atoms with Gasteiger partial charge in [-0.15, -0.1) is 0 Å². The van der Waals surface area contributed by atoms with E-state index in [-0.39, 0.29) is 0 Å². The Balaban J connectivity index is 2.13. The van der Waals surface area contributed by atoms with Crippen LogP contribution in [0, 0.1) is 27.7 Å². The average molecular weight is 387 g/mol. The van der Waals surface area contributed by atoms with Crippen LogP contribution in [0.3, 0.4) is 0 Å². The van der Waals surface area contributed by atoms with Gasteiger partial charge in [-0.1, -0.05) is 10.3 Å². The van der Waals surface area contributed by atoms with Gasteiger partial charge < -0.3 is 14.0 Å². The average Bonchev–Trinajstić information content (AvgIpc) is 3.23. The third kappa shape index (κ3) is 2.04. The number of hydrogen-bond donors (Lipinski definition) is 1. The lowest BCUT2D eigenvalue weighted by molar-refractivity contribution is 0.393. The smallest absolute Gasteiger partial charge is 0.141 e. The van der Waals surface area contributed by atoms with Crippen LogP contribution in [0.15, 0.2) is 25.9 Å². The molecule has 1 N–H and O–H groups in total. The number of aromatic nitrogens is 4. The van der Waals surface area contributed by atoms with E-state index in [2.05, 4.69) is 42.3 Å². The number of nitrogens with zero attached hydrogens (tertiary/aromatic N) is 3. The molecule has 4 aromatic rings. The van der Waals surface area contributed by atoms with Crippen LogP contribution in [0.4, 0.5) is 0 Å². The molecule has 0 amide bonds. The maximum absolute atomic E-state index is 5.36. The van der Waals surface area contributed by atoms with Crippen molar-refractivity contribution in [2.24, 2.45) is 0 Å². The number of benzene rings is 1. The number of hydrogen-bond acceptors (Lipinski definition) is 5. The molecule has 6 nitrogen and oxygen atoms in total. The molecule has 0 fully saturated rings. The number of nitrogens with one attached hydrogen (secondary N) is 1. The number of imidazole rings is 1. The fourth-order valence-corrected chi connectivity index (χ4v) is 3.80. The molecular formula is C17H15BrN4O2. The van der Waals surface area contributed by atoms with Gasteiger partial charge in [0.25, 0.3) is 0 Å². The van der Waals surface area contributed by atoms with E-state index in [0.29, 0.717) is 0 Å². The summed E-state index contributed by atoms with van der Waals surface area (Å²) >= 11 is 3.69. The van der Waals surface area contributed by atoms with Crippen LogP contribution in [0.25, 0.3) is 33.3 Å². The predicted octanol–water partition coefficient (Wildman–Crippen LogP) is 4.87. The Bertz CT molecular complexity index is 1040. The summed E-state index contributed by atoms with van der Waals surface area (Å²) in [6, 6.07) is 2.10. The zero-order valence-corrected chi connectivity index (χ0v) is 15.3. The van der Waals surface area contributed by atoms with Gasteiger partial charge in [0.1, 0.15) is 17.0 Å². The maximum Gasteiger partial charge on any atom is 0.141 e. The van der Waals surface area contributed by atoms with E-state index in [1.165, 1.54) is 0 Å². The van der Waals surface area contributed by atoms with Crippen LogP contribution in [0.1, 0.15) is 22.9 Å². The Morgan fingerprint density at radius 2 is 1.50 bits per heavy atom. The van der Waals surface area contributed by atoms with Crippen LogP contribution in [0.2, 0.25) is 0 Å². The van der Waals surface area contributed by atoms with E-state index >= 15 is 0 Å². The van der Waals surface area contributed by atoms with E-state index in [4.69, 9.17) is 9.05 Å². The summed E-state index contributed by atoms with van der Waals surface area (Å²) in [6.07, 6.45) is 1.69. The highest BCUT2D eigenvalue weighted by Crippen LogP contribution is 2.42. The van der Waals surface area contributed by atoms with Gasteiger partial charge in [0.15, 0.2) is 0 Å². The van der Waals surface area contributed by atoms with E-state index < -0.39 is 0 Å². The summed E-state index contributed by atoms with van der Waals surface area (Å²) in [6.45, 7) is 7.69. The molecule has 0 atom stereocenters. The lowest BCUT2D eigenvalue weighted by atomic mass is 9.96. The van der Waals surface area contributed by atoms with Crippen molar-refractivity contribution in [3.63, 3.8) is 0 Å². The lowest BCUT2D eigenvalue weighted by Crippen LogP contribution is -1.91. The van der Waals surface area contributed by atoms with E-state index in [1.807, 2.05) is 27.7 Å². The summed E-state index contributed by atoms with van der Waals surface area (Å²) in [5.74, 6) is 1.54. The monoisotopic (exact) mass is 386 g/mol. The first kappa shape index (κ1) is 15.1. The highest BCUT2D eigenvalue weighted by atomic mass is 79.9. The molecule has 7 heteroatoms. The summed E-state index contributed by atoms with van der Waals surface area (Å²) in [5.41, 5.74) is 7.40. The van der Waals surface area contributed by atoms with Crippen LogP contribution >= 0.6 is 15.9 Å². The SMILES string of the molecule is Cc1noc(C)c1-c1cc(-c2c(C)noc2C)c2[nH]cnc2c1Br. The van der Waals surface area contributed by atoms with Crippen LogP contribution in [0.5, 0.6) is 0 Å². The van der Waals surface area contributed by atoms with Gasteiger partial charge in [-0.2, -0.15) is 0 Å². The molecule has 0 bridgehead atoms. The van der Waals surface area contributed by atoms with Gasteiger partial charge in [0.2, 0.25) is 0 Å². The molecule has 0 spiro atoms. The molecule has 0 aliphatic heterocycles. The van der Waals surface area contributed by atoms with Crippen molar-refractivity contribution in [2.75, 3.05) is 0 Å². The van der Waals surface area contributed by atoms with Crippen molar-refractivity contribution in [3.8, 4) is 22.3 Å². The highest BCUT2D eigenvalue weighted by Gasteiger charge is 2.23. The molecule has 122 valence electrons. The molecule has 3 heterocycles. The first-order valence-electron chi connectivity index (χ1n) is 7.51. The van der Waals surface area contributed by atoms with Gasteiger partial charge in [0.05, 0.1) is 27.7 Å². The number of aromatic amines is 1. The van der Waals surface area contributed by atoms with Crippen LogP contribution < -0.4 is 0 Å². The predicted molar refractivity (Wildman–Crippen MR) is 93.7 cm³/mol. The molecular weight excluding hydrogens is 372 g/mol. The van der Waals surface area contributed by atoms with E-state index in [9.17, 15) is 0 Å². The topological polar surface area (TPSA) is 80.7 Å². The molecule has 0 saturated heterocycles. The Hall–Kier alpha value is -2.41. The maximum atomic E-state index is 5.36. The minimum atomic E-state index is 0.771. The summed E-state index contributed by atoms with van der Waals surface area (Å²) < 4.78 is 11.6. The Labute approximate surface area is 146 Å². The van der Waals surface area contributed by atoms with Crippen molar-refractivity contribution in [3.05, 3.63) is 39.8 Å². The fraction of sp³-hybridized carbons (Fsp3) is 0.235. The second-order valence-corrected chi connectivity index (χ2v) is 6.60. The highest BCUT2D eigenvalue weighted by molar-refractivity contribution is 9.10. The third-order valence-electron chi connectivity index (χ3n) is 4.25. The van der Waals surface area contributed by atoms with E-state index in [0.717, 1.165) is 60.7 Å². The Kier molecular flexibility index (Phi) is 3.35. The zero-order chi connectivity index (χ0) is 17.0. The minimum Gasteiger partial charge on any atom is -0.361 e. The molecule has 3 aromatic heterocycles. The van der Waals surface area contributed by atoms with Gasteiger partial charge >= 0.3 is 0 Å². The largest absolute Gasteiger partial charge is 0.361 e. The van der Waals surface area contributed by atoms with Crippen molar-refractivity contribution in [1.29, 1.82) is 0 Å². The molecule has 0 aliphatic carbocycles. The second-order valence-electron chi connectivity index (χ2n) is 5.81. The van der Waals surface area contributed by atoms with Crippen molar-refractivity contribution < 1.29 is 9.05 Å². The summed E-state index contributed by atoms with van der Waals surface area (Å²) in [7, 11) is 0. The number of fused-ring (bicyclic) bond motifs is 1. The molecule has 0 aliphatic rings. The van der Waals surface area contributed by atoms with Gasteiger partial charge in [-0.05, 0) is 49.7 Å². The quantitative estimate of drug-likeness (QED) is 0.531. The van der Waals surface area contributed by atoms with Gasteiger partial charge in [-0.3, -0.25) is 0 Å². The standard InChI is InChI=1S/C17H15BrN4O2/c1-7-13(9(3)23-21-7)11-5-12(14-8(2)22-24-10(14)4)16-17(15(11)18)20-6-19-16/h5-6H,1-4H3,(H,19,20). The Morgan fingerprint density at radius 3 is 2.04 bits per heavy atom. The van der Waals surface area contributed by atoms with Gasteiger partial charge in [-0.25, -0.2) is 4.98 Å². The Morgan fingerprint density at radius 1 is 0.917 bits per heavy atom. The number of halogens is 1. The summed E-state index contributed by atoms with van der Waals surface area (Å²) in [4.78, 5) is 7.70. The normalized spacial score (nSPS) is 11.5. The molecule has 4 rings (SSSR count). The van der Waals surface area contributed by atoms with E-state index in [1.54, 1.807) is 6.33 Å². The molecule has 0 unspecified atom stereocenters. The first-order chi connectivity index (χ1) is 11.5. The van der Waals surface area contributed by atoms with Crippen LogP contribution in [-0.2, 0) is 0 Å². The second kappa shape index (κ2) is 5.31. The van der Waals surface area contributed by atoms with Crippen molar-refractivity contribution >= 4 is 27.0 Å². The van der Waals surface area contributed by atoms with Crippen molar-refractivity contribution in [1.82, 2.24) is 20.3 Å². The lowest BCUT2D eigenvalue weighted by Gasteiger charge is -2.10. The van der Waals surface area contributed by atoms with Crippen LogP contribution in [-0.4, -0.2) is 20.3 Å². The number of aryl methyl sites for hydroxylation is 4. The zero-order valence-electron chi connectivity index (χ0n) is 13.7. The minimum absolute atomic E-state index is 0.771. The summed E-state index contributed by atoms with van der Waals surface area (Å²) in [5, 5.41) is 8.16. The molecule has 1 aromatic carbocycles. The van der Waals surface area contributed by atoms with Crippen molar-refractivity contribution in [2.45, 2.75) is 27.7 Å². The molecule has 24 heavy (non-hydrogen) atoms. The fourth-order valence-electron chi connectivity index (χ4n) is 3.19. The number of H-pyrrole nitrogens is 1. The first-order valence-corrected chi connectivity index (χ1v) is 8.30. The third-order valence-corrected chi connectivity index (χ3v) is 5.05. The molecule has 0 saturated carbocycles. The van der Waals surface area contributed by atoms with Gasteiger partial charge in [0, 0.05) is 22.3 Å².